The number of carbonyl (C=O) groups excluding carboxylic acids is 2. The highest BCUT2D eigenvalue weighted by Crippen LogP contribution is 2.32. The van der Waals surface area contributed by atoms with Crippen molar-refractivity contribution in [2.24, 2.45) is 0 Å². The molecule has 1 saturated heterocycles. The molecule has 1 fully saturated rings. The molecular formula is C18H13BrN2O3S2. The van der Waals surface area contributed by atoms with Gasteiger partial charge < -0.3 is 4.74 Å². The van der Waals surface area contributed by atoms with Crippen LogP contribution in [0.2, 0.25) is 0 Å². The van der Waals surface area contributed by atoms with E-state index in [0.29, 0.717) is 16.2 Å². The van der Waals surface area contributed by atoms with E-state index in [1.54, 1.807) is 30.3 Å². The average Bonchev–Trinajstić information content (AvgIpc) is 2.91. The van der Waals surface area contributed by atoms with Crippen molar-refractivity contribution in [1.29, 1.82) is 0 Å². The Kier molecular flexibility index (Phi) is 5.75. The van der Waals surface area contributed by atoms with Crippen LogP contribution < -0.4 is 10.2 Å². The Labute approximate surface area is 168 Å². The smallest absolute Gasteiger partial charge is 0.285 e. The van der Waals surface area contributed by atoms with Gasteiger partial charge >= 0.3 is 0 Å². The Morgan fingerprint density at radius 3 is 2.62 bits per heavy atom. The number of amides is 2. The second-order valence-electron chi connectivity index (χ2n) is 5.21. The van der Waals surface area contributed by atoms with Crippen LogP contribution in [-0.2, 0) is 4.79 Å². The Bertz CT molecular complexity index is 913. The summed E-state index contributed by atoms with van der Waals surface area (Å²) in [6.07, 6.45) is 1.74. The minimum Gasteiger partial charge on any atom is -0.496 e. The fourth-order valence-corrected chi connectivity index (χ4v) is 3.71. The highest BCUT2D eigenvalue weighted by atomic mass is 79.9. The minimum absolute atomic E-state index is 0.265. The highest BCUT2D eigenvalue weighted by Gasteiger charge is 2.34. The molecule has 26 heavy (non-hydrogen) atoms. The number of rotatable bonds is 4. The van der Waals surface area contributed by atoms with Gasteiger partial charge in [0.05, 0.1) is 17.6 Å². The van der Waals surface area contributed by atoms with Crippen LogP contribution in [-0.4, -0.2) is 28.3 Å². The fourth-order valence-electron chi connectivity index (χ4n) is 2.27. The summed E-state index contributed by atoms with van der Waals surface area (Å²) in [6.45, 7) is 0. The molecule has 0 atom stereocenters. The molecule has 3 rings (SSSR count). The van der Waals surface area contributed by atoms with Crippen LogP contribution in [0, 0.1) is 0 Å². The number of ether oxygens (including phenoxy) is 1. The molecule has 0 bridgehead atoms. The Hall–Kier alpha value is -2.16. The number of hydrogen-bond donors (Lipinski definition) is 1. The van der Waals surface area contributed by atoms with Gasteiger partial charge in [-0.3, -0.25) is 15.0 Å². The Morgan fingerprint density at radius 2 is 1.92 bits per heavy atom. The third-order valence-electron chi connectivity index (χ3n) is 3.53. The van der Waals surface area contributed by atoms with Gasteiger partial charge in [0.15, 0.2) is 4.32 Å². The number of methoxy groups -OCH3 is 1. The lowest BCUT2D eigenvalue weighted by Crippen LogP contribution is -2.44. The monoisotopic (exact) mass is 448 g/mol. The minimum atomic E-state index is -0.469. The van der Waals surface area contributed by atoms with Gasteiger partial charge in [-0.1, -0.05) is 52.0 Å². The van der Waals surface area contributed by atoms with Crippen molar-refractivity contribution in [3.63, 3.8) is 0 Å². The average molecular weight is 449 g/mol. The molecule has 1 heterocycles. The SMILES string of the molecule is COc1ccccc1C(=O)NN1C(=O)C(=Cc2ccc(Br)cc2)SC1=S. The van der Waals surface area contributed by atoms with Gasteiger partial charge in [-0.15, -0.1) is 0 Å². The lowest BCUT2D eigenvalue weighted by molar-refractivity contribution is -0.123. The Morgan fingerprint density at radius 1 is 1.23 bits per heavy atom. The zero-order valence-electron chi connectivity index (χ0n) is 13.6. The number of para-hydroxylation sites is 1. The number of benzene rings is 2. The number of carbonyl (C=O) groups is 2. The quantitative estimate of drug-likeness (QED) is 0.565. The third-order valence-corrected chi connectivity index (χ3v) is 5.36. The van der Waals surface area contributed by atoms with Crippen LogP contribution in [0.3, 0.4) is 0 Å². The first-order chi connectivity index (χ1) is 12.5. The maximum absolute atomic E-state index is 12.6. The van der Waals surface area contributed by atoms with Crippen LogP contribution in [0.4, 0.5) is 0 Å². The largest absolute Gasteiger partial charge is 0.496 e. The van der Waals surface area contributed by atoms with Crippen molar-refractivity contribution in [3.8, 4) is 5.75 Å². The fraction of sp³-hybridized carbons (Fsp3) is 0.0556. The first-order valence-corrected chi connectivity index (χ1v) is 9.49. The molecule has 0 unspecified atom stereocenters. The first-order valence-electron chi connectivity index (χ1n) is 7.47. The molecule has 1 N–H and O–H groups in total. The number of halogens is 1. The second kappa shape index (κ2) is 8.03. The number of hydrogen-bond acceptors (Lipinski definition) is 5. The van der Waals surface area contributed by atoms with Crippen molar-refractivity contribution < 1.29 is 14.3 Å². The van der Waals surface area contributed by atoms with E-state index in [0.717, 1.165) is 26.8 Å². The zero-order valence-corrected chi connectivity index (χ0v) is 16.8. The van der Waals surface area contributed by atoms with Crippen molar-refractivity contribution >= 4 is 62.1 Å². The lowest BCUT2D eigenvalue weighted by Gasteiger charge is -2.16. The summed E-state index contributed by atoms with van der Waals surface area (Å²) in [6, 6.07) is 14.3. The van der Waals surface area contributed by atoms with Gasteiger partial charge in [-0.2, -0.15) is 5.01 Å². The van der Waals surface area contributed by atoms with E-state index in [9.17, 15) is 9.59 Å². The van der Waals surface area contributed by atoms with E-state index >= 15 is 0 Å². The van der Waals surface area contributed by atoms with E-state index in [1.165, 1.54) is 7.11 Å². The summed E-state index contributed by atoms with van der Waals surface area (Å²) < 4.78 is 6.39. The normalized spacial score (nSPS) is 15.5. The van der Waals surface area contributed by atoms with Gasteiger partial charge in [0.2, 0.25) is 0 Å². The third kappa shape index (κ3) is 3.98. The van der Waals surface area contributed by atoms with Crippen molar-refractivity contribution in [1.82, 2.24) is 10.4 Å². The van der Waals surface area contributed by atoms with Crippen LogP contribution >= 0.6 is 39.9 Å². The van der Waals surface area contributed by atoms with Crippen molar-refractivity contribution in [3.05, 3.63) is 69.0 Å². The summed E-state index contributed by atoms with van der Waals surface area (Å²) in [5.41, 5.74) is 3.73. The second-order valence-corrected chi connectivity index (χ2v) is 7.80. The predicted octanol–water partition coefficient (Wildman–Crippen LogP) is 4.00. The molecule has 0 aliphatic carbocycles. The molecule has 1 aliphatic heterocycles. The molecule has 1 aliphatic rings. The summed E-state index contributed by atoms with van der Waals surface area (Å²) in [7, 11) is 1.48. The molecule has 5 nitrogen and oxygen atoms in total. The van der Waals surface area contributed by atoms with Gasteiger partial charge in [0, 0.05) is 4.47 Å². The van der Waals surface area contributed by atoms with Gasteiger partial charge in [-0.25, -0.2) is 0 Å². The maximum Gasteiger partial charge on any atom is 0.285 e. The van der Waals surface area contributed by atoms with Crippen LogP contribution in [0.5, 0.6) is 5.75 Å². The number of thioether (sulfide) groups is 1. The predicted molar refractivity (Wildman–Crippen MR) is 110 cm³/mol. The van der Waals surface area contributed by atoms with Crippen LogP contribution in [0.25, 0.3) is 6.08 Å². The van der Waals surface area contributed by atoms with E-state index in [4.69, 9.17) is 17.0 Å². The maximum atomic E-state index is 12.6. The molecule has 132 valence electrons. The van der Waals surface area contributed by atoms with E-state index in [-0.39, 0.29) is 10.2 Å². The highest BCUT2D eigenvalue weighted by molar-refractivity contribution is 9.10. The van der Waals surface area contributed by atoms with Crippen LogP contribution in [0.15, 0.2) is 57.9 Å². The lowest BCUT2D eigenvalue weighted by atomic mass is 10.2. The molecule has 8 heteroatoms. The van der Waals surface area contributed by atoms with Gasteiger partial charge in [0.25, 0.3) is 11.8 Å². The molecule has 0 saturated carbocycles. The molecule has 2 amide bonds. The van der Waals surface area contributed by atoms with Crippen molar-refractivity contribution in [2.45, 2.75) is 0 Å². The molecule has 0 aromatic heterocycles. The number of nitrogens with zero attached hydrogens (tertiary/aromatic N) is 1. The molecular weight excluding hydrogens is 436 g/mol. The van der Waals surface area contributed by atoms with E-state index < -0.39 is 5.91 Å². The summed E-state index contributed by atoms with van der Waals surface area (Å²) in [5.74, 6) is -0.421. The van der Waals surface area contributed by atoms with E-state index in [1.807, 2.05) is 24.3 Å². The number of nitrogens with one attached hydrogen (secondary N) is 1. The molecule has 0 radical (unpaired) electrons. The van der Waals surface area contributed by atoms with Crippen molar-refractivity contribution in [2.75, 3.05) is 7.11 Å². The molecule has 0 spiro atoms. The van der Waals surface area contributed by atoms with Gasteiger partial charge in [0.1, 0.15) is 5.75 Å². The van der Waals surface area contributed by atoms with Gasteiger partial charge in [-0.05, 0) is 48.1 Å². The van der Waals surface area contributed by atoms with Crippen LogP contribution in [0.1, 0.15) is 15.9 Å². The summed E-state index contributed by atoms with van der Waals surface area (Å²) >= 11 is 9.74. The zero-order chi connectivity index (χ0) is 18.7. The Balaban J connectivity index is 1.79. The first kappa shape index (κ1) is 18.6. The topological polar surface area (TPSA) is 58.6 Å². The number of hydrazine groups is 1. The van der Waals surface area contributed by atoms with E-state index in [2.05, 4.69) is 21.4 Å². The molecule has 2 aromatic rings. The number of thiocarbonyl (C=S) groups is 1. The summed E-state index contributed by atoms with van der Waals surface area (Å²) in [4.78, 5) is 25.5. The standard InChI is InChI=1S/C18H13BrN2O3S2/c1-24-14-5-3-2-4-13(14)16(22)20-21-17(23)15(26-18(21)25)10-11-6-8-12(19)9-7-11/h2-10H,1H3,(H,20,22). The summed E-state index contributed by atoms with van der Waals surface area (Å²) in [5, 5.41) is 1.08. The molecule has 2 aromatic carbocycles.